The minimum Gasteiger partial charge on any atom is -0.494 e. The zero-order valence-corrected chi connectivity index (χ0v) is 12.2. The van der Waals surface area contributed by atoms with Crippen LogP contribution in [-0.4, -0.2) is 38.9 Å². The molecule has 1 unspecified atom stereocenters. The van der Waals surface area contributed by atoms with Gasteiger partial charge in [-0.1, -0.05) is 12.1 Å². The van der Waals surface area contributed by atoms with E-state index in [4.69, 9.17) is 19.5 Å². The SMILES string of the molecule is OO[B]c1cccc(OCCCCOC2CCCCO2)c1. The monoisotopic (exact) mass is 293 g/mol. The lowest BCUT2D eigenvalue weighted by Gasteiger charge is -2.22. The van der Waals surface area contributed by atoms with Crippen molar-refractivity contribution in [2.75, 3.05) is 19.8 Å². The Morgan fingerprint density at radius 2 is 2.14 bits per heavy atom. The van der Waals surface area contributed by atoms with Crippen LogP contribution < -0.4 is 10.2 Å². The average Bonchev–Trinajstić information content (AvgIpc) is 2.52. The summed E-state index contributed by atoms with van der Waals surface area (Å²) in [6.45, 7) is 2.16. The number of rotatable bonds is 9. The molecule has 1 aliphatic rings. The van der Waals surface area contributed by atoms with Crippen molar-refractivity contribution in [1.29, 1.82) is 0 Å². The Kier molecular flexibility index (Phi) is 7.60. The lowest BCUT2D eigenvalue weighted by Crippen LogP contribution is -2.22. The van der Waals surface area contributed by atoms with E-state index in [-0.39, 0.29) is 6.29 Å². The zero-order chi connectivity index (χ0) is 14.8. The Hall–Kier alpha value is -1.08. The summed E-state index contributed by atoms with van der Waals surface area (Å²) in [5, 5.41) is 8.37. The summed E-state index contributed by atoms with van der Waals surface area (Å²) in [6, 6.07) is 7.36. The van der Waals surface area contributed by atoms with Crippen molar-refractivity contribution < 1.29 is 24.3 Å². The molecule has 0 amide bonds. The first kappa shape index (κ1) is 16.3. The van der Waals surface area contributed by atoms with E-state index in [9.17, 15) is 0 Å². The van der Waals surface area contributed by atoms with E-state index in [1.165, 1.54) is 13.9 Å². The van der Waals surface area contributed by atoms with Crippen LogP contribution in [0.4, 0.5) is 0 Å². The highest BCUT2D eigenvalue weighted by molar-refractivity contribution is 6.46. The molecule has 1 aliphatic heterocycles. The highest BCUT2D eigenvalue weighted by atomic mass is 17.1. The molecule has 21 heavy (non-hydrogen) atoms. The smallest absolute Gasteiger partial charge is 0.381 e. The maximum atomic E-state index is 8.37. The van der Waals surface area contributed by atoms with Gasteiger partial charge in [-0.15, -0.1) is 0 Å². The van der Waals surface area contributed by atoms with Gasteiger partial charge in [-0.2, -0.15) is 0 Å². The molecule has 1 radical (unpaired) electrons. The third-order valence-electron chi connectivity index (χ3n) is 3.30. The van der Waals surface area contributed by atoms with Crippen LogP contribution >= 0.6 is 0 Å². The first-order valence-corrected chi connectivity index (χ1v) is 7.48. The van der Waals surface area contributed by atoms with Crippen LogP contribution in [0, 0.1) is 0 Å². The maximum absolute atomic E-state index is 8.37. The molecule has 5 nitrogen and oxygen atoms in total. The number of ether oxygens (including phenoxy) is 3. The molecular weight excluding hydrogens is 271 g/mol. The molecule has 0 saturated carbocycles. The maximum Gasteiger partial charge on any atom is 0.381 e. The molecule has 1 heterocycles. The number of hydrogen-bond acceptors (Lipinski definition) is 5. The molecule has 0 spiro atoms. The Labute approximate surface area is 126 Å². The summed E-state index contributed by atoms with van der Waals surface area (Å²) < 4.78 is 16.8. The Bertz CT molecular complexity index is 395. The zero-order valence-electron chi connectivity index (χ0n) is 12.2. The molecule has 0 aliphatic carbocycles. The molecule has 1 aromatic rings. The van der Waals surface area contributed by atoms with Crippen molar-refractivity contribution in [2.45, 2.75) is 38.4 Å². The van der Waals surface area contributed by atoms with Gasteiger partial charge in [0.15, 0.2) is 6.29 Å². The van der Waals surface area contributed by atoms with Crippen LogP contribution in [0.1, 0.15) is 32.1 Å². The number of benzene rings is 1. The van der Waals surface area contributed by atoms with Gasteiger partial charge in [0.1, 0.15) is 5.75 Å². The minimum atomic E-state index is -0.00892. The second-order valence-corrected chi connectivity index (χ2v) is 5.02. The number of hydrogen-bond donors (Lipinski definition) is 1. The Morgan fingerprint density at radius 3 is 2.95 bits per heavy atom. The second kappa shape index (κ2) is 9.79. The van der Waals surface area contributed by atoms with Crippen molar-refractivity contribution in [2.24, 2.45) is 0 Å². The van der Waals surface area contributed by atoms with Gasteiger partial charge in [0.25, 0.3) is 0 Å². The third kappa shape index (κ3) is 6.48. The normalized spacial score (nSPS) is 18.4. The van der Waals surface area contributed by atoms with E-state index >= 15 is 0 Å². The summed E-state index contributed by atoms with van der Waals surface area (Å²) in [5.74, 6) is 0.761. The van der Waals surface area contributed by atoms with Crippen molar-refractivity contribution in [3.63, 3.8) is 0 Å². The van der Waals surface area contributed by atoms with Crippen LogP contribution in [0.2, 0.25) is 0 Å². The molecule has 1 atom stereocenters. The highest BCUT2D eigenvalue weighted by Gasteiger charge is 2.13. The quantitative estimate of drug-likeness (QED) is 0.327. The lowest BCUT2D eigenvalue weighted by molar-refractivity contribution is -0.162. The summed E-state index contributed by atoms with van der Waals surface area (Å²) in [5.41, 5.74) is 0.757. The van der Waals surface area contributed by atoms with Crippen molar-refractivity contribution in [1.82, 2.24) is 0 Å². The standard InChI is InChI=1S/C15H22BO5/c17-21-16-13-6-5-7-14(12-13)18-9-3-4-11-20-15-8-1-2-10-19-15/h5-7,12,15,17H,1-4,8-11H2. The van der Waals surface area contributed by atoms with E-state index in [2.05, 4.69) is 4.81 Å². The molecule has 2 rings (SSSR count). The molecule has 1 saturated heterocycles. The topological polar surface area (TPSA) is 57.2 Å². The Balaban J connectivity index is 1.53. The molecule has 0 bridgehead atoms. The van der Waals surface area contributed by atoms with Crippen LogP contribution in [-0.2, 0) is 14.3 Å². The van der Waals surface area contributed by atoms with E-state index in [0.717, 1.165) is 43.5 Å². The van der Waals surface area contributed by atoms with Crippen molar-refractivity contribution in [3.05, 3.63) is 24.3 Å². The van der Waals surface area contributed by atoms with Gasteiger partial charge in [0.2, 0.25) is 0 Å². The average molecular weight is 293 g/mol. The second-order valence-electron chi connectivity index (χ2n) is 5.02. The lowest BCUT2D eigenvalue weighted by atomic mass is 9.89. The molecule has 115 valence electrons. The van der Waals surface area contributed by atoms with Crippen LogP contribution in [0.5, 0.6) is 5.75 Å². The fourth-order valence-corrected chi connectivity index (χ4v) is 2.19. The van der Waals surface area contributed by atoms with E-state index < -0.39 is 0 Å². The molecule has 1 aromatic carbocycles. The molecule has 1 fully saturated rings. The fourth-order valence-electron chi connectivity index (χ4n) is 2.19. The van der Waals surface area contributed by atoms with Crippen LogP contribution in [0.3, 0.4) is 0 Å². The van der Waals surface area contributed by atoms with E-state index in [1.54, 1.807) is 0 Å². The minimum absolute atomic E-state index is 0.00892. The predicted molar refractivity (Wildman–Crippen MR) is 79.8 cm³/mol. The van der Waals surface area contributed by atoms with Gasteiger partial charge in [0, 0.05) is 13.2 Å². The van der Waals surface area contributed by atoms with Crippen molar-refractivity contribution in [3.8, 4) is 5.75 Å². The van der Waals surface area contributed by atoms with Gasteiger partial charge >= 0.3 is 7.48 Å². The van der Waals surface area contributed by atoms with Gasteiger partial charge in [0.05, 0.1) is 6.61 Å². The summed E-state index contributed by atoms with van der Waals surface area (Å²) in [7, 11) is 1.25. The van der Waals surface area contributed by atoms with E-state index in [1.807, 2.05) is 24.3 Å². The van der Waals surface area contributed by atoms with Gasteiger partial charge in [-0.3, -0.25) is 5.26 Å². The highest BCUT2D eigenvalue weighted by Crippen LogP contribution is 2.14. The molecule has 6 heteroatoms. The first-order valence-electron chi connectivity index (χ1n) is 7.48. The van der Waals surface area contributed by atoms with Crippen molar-refractivity contribution >= 4 is 12.9 Å². The predicted octanol–water partition coefficient (Wildman–Crippen LogP) is 2.12. The van der Waals surface area contributed by atoms with Gasteiger partial charge in [-0.05, 0) is 49.7 Å². The van der Waals surface area contributed by atoms with E-state index in [0.29, 0.717) is 13.2 Å². The summed E-state index contributed by atoms with van der Waals surface area (Å²) in [4.78, 5) is 3.99. The summed E-state index contributed by atoms with van der Waals surface area (Å²) >= 11 is 0. The fraction of sp³-hybridized carbons (Fsp3) is 0.600. The third-order valence-corrected chi connectivity index (χ3v) is 3.30. The molecule has 1 N–H and O–H groups in total. The largest absolute Gasteiger partial charge is 0.494 e. The van der Waals surface area contributed by atoms with Crippen LogP contribution in [0.25, 0.3) is 0 Å². The van der Waals surface area contributed by atoms with Gasteiger partial charge < -0.3 is 19.0 Å². The molecular formula is C15H22BO5. The Morgan fingerprint density at radius 1 is 1.24 bits per heavy atom. The van der Waals surface area contributed by atoms with Gasteiger partial charge in [-0.25, -0.2) is 0 Å². The summed E-state index contributed by atoms with van der Waals surface area (Å²) in [6.07, 6.45) is 5.21. The number of unbranched alkanes of at least 4 members (excludes halogenated alkanes) is 1. The first-order chi connectivity index (χ1) is 10.4. The molecule has 0 aromatic heterocycles. The van der Waals surface area contributed by atoms with Crippen LogP contribution in [0.15, 0.2) is 24.3 Å².